The smallest absolute Gasteiger partial charge is 0.236 e. The summed E-state index contributed by atoms with van der Waals surface area (Å²) in [6.07, 6.45) is 0. The van der Waals surface area contributed by atoms with Crippen LogP contribution in [0.1, 0.15) is 40.2 Å². The van der Waals surface area contributed by atoms with Crippen LogP contribution >= 0.6 is 11.6 Å². The van der Waals surface area contributed by atoms with Gasteiger partial charge in [0.15, 0.2) is 0 Å². The van der Waals surface area contributed by atoms with Gasteiger partial charge in [-0.15, -0.1) is 0 Å². The maximum absolute atomic E-state index is 13.3. The highest BCUT2D eigenvalue weighted by Gasteiger charge is 2.27. The molecule has 0 spiro atoms. The van der Waals surface area contributed by atoms with Crippen LogP contribution in [0.3, 0.4) is 0 Å². The van der Waals surface area contributed by atoms with E-state index in [2.05, 4.69) is 15.5 Å². The van der Waals surface area contributed by atoms with Gasteiger partial charge in [0.2, 0.25) is 11.8 Å². The molecular formula is C21H32ClFN4O2. The van der Waals surface area contributed by atoms with E-state index in [0.717, 1.165) is 5.56 Å². The summed E-state index contributed by atoms with van der Waals surface area (Å²) < 4.78 is 13.3. The molecule has 1 fully saturated rings. The van der Waals surface area contributed by atoms with Gasteiger partial charge in [0.05, 0.1) is 13.1 Å². The molecule has 29 heavy (non-hydrogen) atoms. The number of piperazine rings is 1. The van der Waals surface area contributed by atoms with E-state index in [-0.39, 0.29) is 29.7 Å². The second-order valence-corrected chi connectivity index (χ2v) is 9.47. The molecule has 0 bridgehead atoms. The van der Waals surface area contributed by atoms with E-state index in [0.29, 0.717) is 37.7 Å². The van der Waals surface area contributed by atoms with Crippen LogP contribution in [0.5, 0.6) is 0 Å². The van der Waals surface area contributed by atoms with Crippen LogP contribution in [0.15, 0.2) is 18.2 Å². The first-order chi connectivity index (χ1) is 13.4. The number of nitrogens with zero attached hydrogens (tertiary/aromatic N) is 2. The minimum absolute atomic E-state index is 0.00290. The van der Waals surface area contributed by atoms with Crippen molar-refractivity contribution in [3.05, 3.63) is 34.6 Å². The third kappa shape index (κ3) is 7.24. The zero-order valence-electron chi connectivity index (χ0n) is 17.9. The normalized spacial score (nSPS) is 16.0. The molecule has 2 amide bonds. The molecule has 0 radical (unpaired) electrons. The molecule has 162 valence electrons. The molecule has 1 aliphatic rings. The second kappa shape index (κ2) is 9.41. The largest absolute Gasteiger partial charge is 0.350 e. The van der Waals surface area contributed by atoms with Crippen molar-refractivity contribution in [2.45, 2.75) is 45.7 Å². The Morgan fingerprint density at radius 3 is 2.28 bits per heavy atom. The standard InChI is InChI=1S/C21H32ClFN4O2/c1-20(2,3)25-18(28)14-26-8-10-27(11-9-26)19(29)13-24-21(4,5)16-7-6-15(23)12-17(16)22/h6-7,12,24H,8-11,13-14H2,1-5H3,(H,25,28). The molecule has 1 aromatic carbocycles. The third-order valence-corrected chi connectivity index (χ3v) is 5.21. The molecule has 0 aliphatic carbocycles. The van der Waals surface area contributed by atoms with E-state index in [1.807, 2.05) is 34.6 Å². The summed E-state index contributed by atoms with van der Waals surface area (Å²) in [4.78, 5) is 28.5. The zero-order valence-corrected chi connectivity index (χ0v) is 18.7. The Labute approximate surface area is 177 Å². The fraction of sp³-hybridized carbons (Fsp3) is 0.619. The summed E-state index contributed by atoms with van der Waals surface area (Å²) in [7, 11) is 0. The summed E-state index contributed by atoms with van der Waals surface area (Å²) in [5.41, 5.74) is -0.0864. The molecule has 1 saturated heterocycles. The first-order valence-electron chi connectivity index (χ1n) is 9.89. The summed E-state index contributed by atoms with van der Waals surface area (Å²) in [5.74, 6) is -0.397. The number of hydrogen-bond donors (Lipinski definition) is 2. The second-order valence-electron chi connectivity index (χ2n) is 9.06. The lowest BCUT2D eigenvalue weighted by atomic mass is 9.94. The molecule has 0 atom stereocenters. The van der Waals surface area contributed by atoms with Crippen molar-refractivity contribution in [3.63, 3.8) is 0 Å². The molecule has 2 rings (SSSR count). The number of rotatable bonds is 6. The third-order valence-electron chi connectivity index (χ3n) is 4.89. The topological polar surface area (TPSA) is 64.7 Å². The minimum atomic E-state index is -0.576. The molecular weight excluding hydrogens is 395 g/mol. The Morgan fingerprint density at radius 2 is 1.72 bits per heavy atom. The molecule has 1 aliphatic heterocycles. The number of carbonyl (C=O) groups excluding carboxylic acids is 2. The Hall–Kier alpha value is -1.70. The van der Waals surface area contributed by atoms with E-state index in [1.54, 1.807) is 11.0 Å². The van der Waals surface area contributed by atoms with Gasteiger partial charge in [-0.05, 0) is 52.3 Å². The Balaban J connectivity index is 1.81. The van der Waals surface area contributed by atoms with Gasteiger partial charge in [-0.1, -0.05) is 17.7 Å². The SMILES string of the molecule is CC(C)(C)NC(=O)CN1CCN(C(=O)CNC(C)(C)c2ccc(F)cc2Cl)CC1. The quantitative estimate of drug-likeness (QED) is 0.733. The van der Waals surface area contributed by atoms with E-state index in [1.165, 1.54) is 12.1 Å². The average Bonchev–Trinajstić information content (AvgIpc) is 2.58. The predicted molar refractivity (Wildman–Crippen MR) is 113 cm³/mol. The van der Waals surface area contributed by atoms with E-state index in [4.69, 9.17) is 11.6 Å². The van der Waals surface area contributed by atoms with Crippen LogP contribution in [-0.2, 0) is 15.1 Å². The number of carbonyl (C=O) groups is 2. The summed E-state index contributed by atoms with van der Waals surface area (Å²) in [5, 5.41) is 6.51. The fourth-order valence-electron chi connectivity index (χ4n) is 3.32. The Kier molecular flexibility index (Phi) is 7.65. The van der Waals surface area contributed by atoms with Gasteiger partial charge >= 0.3 is 0 Å². The van der Waals surface area contributed by atoms with Crippen molar-refractivity contribution < 1.29 is 14.0 Å². The highest BCUT2D eigenvalue weighted by Crippen LogP contribution is 2.28. The fourth-order valence-corrected chi connectivity index (χ4v) is 3.72. The van der Waals surface area contributed by atoms with Gasteiger partial charge in [-0.3, -0.25) is 19.8 Å². The van der Waals surface area contributed by atoms with Crippen LogP contribution in [0.25, 0.3) is 0 Å². The number of halogens is 2. The van der Waals surface area contributed by atoms with Gasteiger partial charge in [-0.25, -0.2) is 4.39 Å². The number of hydrogen-bond acceptors (Lipinski definition) is 4. The van der Waals surface area contributed by atoms with Gasteiger partial charge in [-0.2, -0.15) is 0 Å². The van der Waals surface area contributed by atoms with Gasteiger partial charge < -0.3 is 10.2 Å². The first kappa shape index (κ1) is 23.6. The van der Waals surface area contributed by atoms with E-state index >= 15 is 0 Å². The van der Waals surface area contributed by atoms with Crippen molar-refractivity contribution >= 4 is 23.4 Å². The van der Waals surface area contributed by atoms with Crippen molar-refractivity contribution in [3.8, 4) is 0 Å². The molecule has 0 aromatic heterocycles. The Bertz CT molecular complexity index is 741. The summed E-state index contributed by atoms with van der Waals surface area (Å²) in [6, 6.07) is 4.27. The number of amides is 2. The van der Waals surface area contributed by atoms with Gasteiger partial charge in [0.1, 0.15) is 5.82 Å². The lowest BCUT2D eigenvalue weighted by molar-refractivity contribution is -0.132. The maximum Gasteiger partial charge on any atom is 0.236 e. The molecule has 8 heteroatoms. The van der Waals surface area contributed by atoms with Gasteiger partial charge in [0, 0.05) is 42.3 Å². The average molecular weight is 427 g/mol. The molecule has 1 aromatic rings. The number of benzene rings is 1. The first-order valence-corrected chi connectivity index (χ1v) is 10.3. The van der Waals surface area contributed by atoms with Crippen LogP contribution in [-0.4, -0.2) is 66.4 Å². The maximum atomic E-state index is 13.3. The van der Waals surface area contributed by atoms with Crippen LogP contribution < -0.4 is 10.6 Å². The summed E-state index contributed by atoms with van der Waals surface area (Å²) in [6.45, 7) is 12.7. The lowest BCUT2D eigenvalue weighted by Crippen LogP contribution is -2.54. The molecule has 6 nitrogen and oxygen atoms in total. The van der Waals surface area contributed by atoms with Crippen molar-refractivity contribution in [2.24, 2.45) is 0 Å². The number of nitrogens with one attached hydrogen (secondary N) is 2. The highest BCUT2D eigenvalue weighted by atomic mass is 35.5. The van der Waals surface area contributed by atoms with Crippen LogP contribution in [0.4, 0.5) is 4.39 Å². The van der Waals surface area contributed by atoms with Crippen molar-refractivity contribution in [1.82, 2.24) is 20.4 Å². The van der Waals surface area contributed by atoms with E-state index < -0.39 is 5.54 Å². The van der Waals surface area contributed by atoms with Crippen molar-refractivity contribution in [2.75, 3.05) is 39.3 Å². The van der Waals surface area contributed by atoms with Crippen LogP contribution in [0, 0.1) is 5.82 Å². The highest BCUT2D eigenvalue weighted by molar-refractivity contribution is 6.31. The van der Waals surface area contributed by atoms with E-state index in [9.17, 15) is 14.0 Å². The molecule has 1 heterocycles. The lowest BCUT2D eigenvalue weighted by Gasteiger charge is -2.36. The Morgan fingerprint density at radius 1 is 1.10 bits per heavy atom. The monoisotopic (exact) mass is 426 g/mol. The summed E-state index contributed by atoms with van der Waals surface area (Å²) >= 11 is 6.16. The van der Waals surface area contributed by atoms with Gasteiger partial charge in [0.25, 0.3) is 0 Å². The van der Waals surface area contributed by atoms with Crippen LogP contribution in [0.2, 0.25) is 5.02 Å². The molecule has 0 saturated carbocycles. The van der Waals surface area contributed by atoms with Crippen molar-refractivity contribution in [1.29, 1.82) is 0 Å². The molecule has 0 unspecified atom stereocenters. The zero-order chi connectivity index (χ0) is 21.8. The predicted octanol–water partition coefficient (Wildman–Crippen LogP) is 2.36. The minimum Gasteiger partial charge on any atom is -0.350 e. The molecule has 2 N–H and O–H groups in total.